The van der Waals surface area contributed by atoms with Crippen molar-refractivity contribution in [1.29, 1.82) is 0 Å². The van der Waals surface area contributed by atoms with Crippen molar-refractivity contribution in [1.82, 2.24) is 0 Å². The summed E-state index contributed by atoms with van der Waals surface area (Å²) in [7, 11) is -2.97. The Morgan fingerprint density at radius 3 is 2.56 bits per heavy atom. The SMILES string of the molecule is Cc1c(CC(=O)CCCCCS(=O)(=O)C(C)C)ccc2c1OCCO2. The number of carbonyl (C=O) groups excluding carboxylic acids is 1. The number of hydrogen-bond donors (Lipinski definition) is 0. The number of benzene rings is 1. The van der Waals surface area contributed by atoms with E-state index in [-0.39, 0.29) is 16.8 Å². The predicted octanol–water partition coefficient (Wildman–Crippen LogP) is 3.26. The zero-order chi connectivity index (χ0) is 18.4. The van der Waals surface area contributed by atoms with E-state index in [1.165, 1.54) is 0 Å². The van der Waals surface area contributed by atoms with Crippen LogP contribution in [0.5, 0.6) is 11.5 Å². The molecule has 2 rings (SSSR count). The van der Waals surface area contributed by atoms with Crippen molar-refractivity contribution in [3.05, 3.63) is 23.3 Å². The zero-order valence-corrected chi connectivity index (χ0v) is 16.2. The van der Waals surface area contributed by atoms with Gasteiger partial charge >= 0.3 is 0 Å². The molecule has 0 saturated carbocycles. The Hall–Kier alpha value is -1.56. The van der Waals surface area contributed by atoms with Crippen LogP contribution in [0.1, 0.15) is 50.7 Å². The van der Waals surface area contributed by atoms with Crippen molar-refractivity contribution >= 4 is 15.6 Å². The Labute approximate surface area is 150 Å². The smallest absolute Gasteiger partial charge is 0.164 e. The molecule has 5 nitrogen and oxygen atoms in total. The topological polar surface area (TPSA) is 69.7 Å². The molecule has 1 aromatic carbocycles. The summed E-state index contributed by atoms with van der Waals surface area (Å²) in [5, 5.41) is -0.327. The van der Waals surface area contributed by atoms with E-state index < -0.39 is 9.84 Å². The molecule has 0 aromatic heterocycles. The van der Waals surface area contributed by atoms with Gasteiger partial charge in [0.2, 0.25) is 0 Å². The molecule has 25 heavy (non-hydrogen) atoms. The van der Waals surface area contributed by atoms with Gasteiger partial charge in [0, 0.05) is 12.8 Å². The highest BCUT2D eigenvalue weighted by atomic mass is 32.2. The van der Waals surface area contributed by atoms with E-state index in [4.69, 9.17) is 9.47 Å². The molecule has 0 unspecified atom stereocenters. The van der Waals surface area contributed by atoms with E-state index in [1.54, 1.807) is 13.8 Å². The molecule has 1 aliphatic heterocycles. The van der Waals surface area contributed by atoms with Gasteiger partial charge in [-0.2, -0.15) is 0 Å². The third kappa shape index (κ3) is 5.46. The van der Waals surface area contributed by atoms with Gasteiger partial charge in [-0.05, 0) is 50.8 Å². The first-order chi connectivity index (χ1) is 11.8. The zero-order valence-electron chi connectivity index (χ0n) is 15.3. The van der Waals surface area contributed by atoms with Crippen molar-refractivity contribution in [3.63, 3.8) is 0 Å². The van der Waals surface area contributed by atoms with Crippen LogP contribution in [0, 0.1) is 6.92 Å². The van der Waals surface area contributed by atoms with E-state index in [0.29, 0.717) is 32.5 Å². The summed E-state index contributed by atoms with van der Waals surface area (Å²) in [5.74, 6) is 1.87. The molecule has 0 radical (unpaired) electrons. The largest absolute Gasteiger partial charge is 0.486 e. The molecular formula is C19H28O5S. The predicted molar refractivity (Wildman–Crippen MR) is 98.3 cm³/mol. The number of unbranched alkanes of at least 4 members (excludes halogenated alkanes) is 2. The van der Waals surface area contributed by atoms with Gasteiger partial charge in [0.1, 0.15) is 19.0 Å². The summed E-state index contributed by atoms with van der Waals surface area (Å²) in [6.07, 6.45) is 2.98. The maximum Gasteiger partial charge on any atom is 0.164 e. The molecule has 0 saturated heterocycles. The van der Waals surface area contributed by atoms with Crippen LogP contribution in [0.15, 0.2) is 12.1 Å². The summed E-state index contributed by atoms with van der Waals surface area (Å²) < 4.78 is 34.7. The lowest BCUT2D eigenvalue weighted by atomic mass is 9.99. The van der Waals surface area contributed by atoms with Crippen molar-refractivity contribution in [2.75, 3.05) is 19.0 Å². The number of Topliss-reactive ketones (excluding diaryl/α,β-unsaturated/α-hetero) is 1. The molecule has 1 aromatic rings. The Morgan fingerprint density at radius 1 is 1.12 bits per heavy atom. The van der Waals surface area contributed by atoms with Crippen LogP contribution in [-0.2, 0) is 21.1 Å². The molecule has 0 atom stereocenters. The highest BCUT2D eigenvalue weighted by Crippen LogP contribution is 2.35. The van der Waals surface area contributed by atoms with Crippen molar-refractivity contribution in [2.45, 2.75) is 58.1 Å². The normalized spacial score (nSPS) is 13.9. The standard InChI is InChI=1S/C19H28O5S/c1-14(2)25(21,22)12-6-4-5-7-17(20)13-16-8-9-18-19(15(16)3)24-11-10-23-18/h8-9,14H,4-7,10-13H2,1-3H3. The average molecular weight is 368 g/mol. The van der Waals surface area contributed by atoms with E-state index >= 15 is 0 Å². The van der Waals surface area contributed by atoms with Gasteiger partial charge < -0.3 is 9.47 Å². The molecule has 140 valence electrons. The number of fused-ring (bicyclic) bond motifs is 1. The Bertz CT molecular complexity index is 707. The minimum atomic E-state index is -2.97. The lowest BCUT2D eigenvalue weighted by Crippen LogP contribution is -2.17. The molecule has 0 aliphatic carbocycles. The first kappa shape index (κ1) is 19.8. The van der Waals surface area contributed by atoms with Crippen LogP contribution in [0.4, 0.5) is 0 Å². The summed E-state index contributed by atoms with van der Waals surface area (Å²) >= 11 is 0. The first-order valence-corrected chi connectivity index (χ1v) is 10.6. The molecule has 0 fully saturated rings. The second kappa shape index (κ2) is 8.70. The quantitative estimate of drug-likeness (QED) is 0.626. The van der Waals surface area contributed by atoms with Crippen LogP contribution in [0.2, 0.25) is 0 Å². The summed E-state index contributed by atoms with van der Waals surface area (Å²) in [5.41, 5.74) is 1.94. The van der Waals surface area contributed by atoms with Crippen molar-refractivity contribution in [2.24, 2.45) is 0 Å². The van der Waals surface area contributed by atoms with E-state index in [2.05, 4.69) is 0 Å². The fourth-order valence-corrected chi connectivity index (χ4v) is 3.90. The van der Waals surface area contributed by atoms with Crippen LogP contribution in [0.25, 0.3) is 0 Å². The second-order valence-corrected chi connectivity index (χ2v) is 9.49. The first-order valence-electron chi connectivity index (χ1n) is 8.92. The van der Waals surface area contributed by atoms with Crippen molar-refractivity contribution in [3.8, 4) is 11.5 Å². The van der Waals surface area contributed by atoms with Gasteiger partial charge in [0.05, 0.1) is 11.0 Å². The maximum absolute atomic E-state index is 12.2. The van der Waals surface area contributed by atoms with E-state index in [9.17, 15) is 13.2 Å². The highest BCUT2D eigenvalue weighted by Gasteiger charge is 2.18. The van der Waals surface area contributed by atoms with Gasteiger partial charge in [0.15, 0.2) is 21.3 Å². The number of rotatable bonds is 9. The number of sulfone groups is 1. The molecule has 0 amide bonds. The molecule has 1 aliphatic rings. The van der Waals surface area contributed by atoms with Gasteiger partial charge in [-0.15, -0.1) is 0 Å². The maximum atomic E-state index is 12.2. The van der Waals surface area contributed by atoms with Crippen molar-refractivity contribution < 1.29 is 22.7 Å². The fourth-order valence-electron chi connectivity index (χ4n) is 2.83. The Morgan fingerprint density at radius 2 is 1.84 bits per heavy atom. The van der Waals surface area contributed by atoms with Gasteiger partial charge in [-0.3, -0.25) is 4.79 Å². The van der Waals surface area contributed by atoms with E-state index in [0.717, 1.165) is 35.5 Å². The van der Waals surface area contributed by atoms with Gasteiger partial charge in [-0.1, -0.05) is 12.5 Å². The third-order valence-electron chi connectivity index (χ3n) is 4.56. The number of carbonyl (C=O) groups is 1. The average Bonchev–Trinajstić information content (AvgIpc) is 2.57. The molecule has 0 bridgehead atoms. The lowest BCUT2D eigenvalue weighted by Gasteiger charge is -2.21. The molecule has 6 heteroatoms. The minimum absolute atomic E-state index is 0.173. The second-order valence-electron chi connectivity index (χ2n) is 6.82. The fraction of sp³-hybridized carbons (Fsp3) is 0.632. The summed E-state index contributed by atoms with van der Waals surface area (Å²) in [6, 6.07) is 3.79. The molecular weight excluding hydrogens is 340 g/mol. The highest BCUT2D eigenvalue weighted by molar-refractivity contribution is 7.91. The number of ketones is 1. The Balaban J connectivity index is 1.78. The molecule has 0 N–H and O–H groups in total. The summed E-state index contributed by atoms with van der Waals surface area (Å²) in [6.45, 7) is 6.44. The Kier molecular flexibility index (Phi) is 6.87. The molecule has 0 spiro atoms. The van der Waals surface area contributed by atoms with E-state index in [1.807, 2.05) is 19.1 Å². The minimum Gasteiger partial charge on any atom is -0.486 e. The van der Waals surface area contributed by atoms with Gasteiger partial charge in [0.25, 0.3) is 0 Å². The van der Waals surface area contributed by atoms with Crippen LogP contribution < -0.4 is 9.47 Å². The van der Waals surface area contributed by atoms with Gasteiger partial charge in [-0.25, -0.2) is 8.42 Å². The van der Waals surface area contributed by atoms with Crippen LogP contribution in [0.3, 0.4) is 0 Å². The van der Waals surface area contributed by atoms with Crippen LogP contribution in [-0.4, -0.2) is 38.4 Å². The third-order valence-corrected chi connectivity index (χ3v) is 6.85. The lowest BCUT2D eigenvalue weighted by molar-refractivity contribution is -0.118. The number of hydrogen-bond acceptors (Lipinski definition) is 5. The van der Waals surface area contributed by atoms with Crippen LogP contribution >= 0.6 is 0 Å². The monoisotopic (exact) mass is 368 g/mol. The molecule has 1 heterocycles. The summed E-state index contributed by atoms with van der Waals surface area (Å²) in [4.78, 5) is 12.2. The number of ether oxygens (including phenoxy) is 2.